The van der Waals surface area contributed by atoms with Gasteiger partial charge >= 0.3 is 0 Å². The highest BCUT2D eigenvalue weighted by molar-refractivity contribution is 5.95. The molecule has 0 radical (unpaired) electrons. The van der Waals surface area contributed by atoms with Crippen LogP contribution in [0.1, 0.15) is 6.92 Å². The van der Waals surface area contributed by atoms with Gasteiger partial charge in [0.15, 0.2) is 0 Å². The summed E-state index contributed by atoms with van der Waals surface area (Å²) in [4.78, 5) is 10.2. The van der Waals surface area contributed by atoms with E-state index in [-0.39, 0.29) is 0 Å². The fraction of sp³-hybridized carbons (Fsp3) is 0.105. The largest absolute Gasteiger partial charge is 0.359 e. The summed E-state index contributed by atoms with van der Waals surface area (Å²) in [6.07, 6.45) is 4.02. The maximum absolute atomic E-state index is 4.59. The normalized spacial score (nSPS) is 11.1. The molecule has 2 aromatic carbocycles. The summed E-state index contributed by atoms with van der Waals surface area (Å²) in [7, 11) is 0. The molecule has 2 heterocycles. The number of benzene rings is 2. The summed E-state index contributed by atoms with van der Waals surface area (Å²) < 4.78 is 0. The molecule has 0 saturated carbocycles. The molecular weight excluding hydrogens is 270 g/mol. The topological polar surface area (TPSA) is 31.9 Å². The van der Waals surface area contributed by atoms with Crippen molar-refractivity contribution in [3.8, 4) is 0 Å². The lowest BCUT2D eigenvalue weighted by Gasteiger charge is -2.22. The van der Waals surface area contributed by atoms with Crippen molar-refractivity contribution in [1.29, 1.82) is 0 Å². The quantitative estimate of drug-likeness (QED) is 0.582. The smallest absolute Gasteiger partial charge is 0.0703 e. The molecular formula is C19H17N3. The molecule has 0 spiro atoms. The number of hydrogen-bond acceptors (Lipinski definition) is 2. The van der Waals surface area contributed by atoms with E-state index in [9.17, 15) is 0 Å². The number of aromatic nitrogens is 2. The third-order valence-corrected chi connectivity index (χ3v) is 4.06. The van der Waals surface area contributed by atoms with Gasteiger partial charge in [-0.05, 0) is 25.1 Å². The second kappa shape index (κ2) is 5.19. The predicted molar refractivity (Wildman–Crippen MR) is 92.7 cm³/mol. The van der Waals surface area contributed by atoms with Crippen molar-refractivity contribution < 1.29 is 0 Å². The van der Waals surface area contributed by atoms with E-state index in [2.05, 4.69) is 70.5 Å². The first-order valence-electron chi connectivity index (χ1n) is 7.55. The van der Waals surface area contributed by atoms with E-state index < -0.39 is 0 Å². The minimum Gasteiger partial charge on any atom is -0.359 e. The van der Waals surface area contributed by atoms with Crippen LogP contribution in [0.15, 0.2) is 67.0 Å². The number of fused-ring (bicyclic) bond motifs is 2. The van der Waals surface area contributed by atoms with Crippen molar-refractivity contribution >= 4 is 33.2 Å². The number of nitrogens with one attached hydrogen (secondary N) is 1. The van der Waals surface area contributed by atoms with Crippen LogP contribution in [0.3, 0.4) is 0 Å². The first-order chi connectivity index (χ1) is 10.9. The lowest BCUT2D eigenvalue weighted by Crippen LogP contribution is -2.15. The van der Waals surface area contributed by atoms with Gasteiger partial charge in [0.25, 0.3) is 0 Å². The van der Waals surface area contributed by atoms with E-state index in [4.69, 9.17) is 0 Å². The van der Waals surface area contributed by atoms with Gasteiger partial charge < -0.3 is 9.88 Å². The Balaban J connectivity index is 1.86. The fourth-order valence-electron chi connectivity index (χ4n) is 2.98. The van der Waals surface area contributed by atoms with Crippen LogP contribution in [0.5, 0.6) is 0 Å². The van der Waals surface area contributed by atoms with Crippen LogP contribution < -0.4 is 4.90 Å². The Morgan fingerprint density at radius 3 is 2.77 bits per heavy atom. The van der Waals surface area contributed by atoms with Crippen LogP contribution in [-0.2, 0) is 0 Å². The lowest BCUT2D eigenvalue weighted by atomic mass is 10.2. The number of anilines is 2. The second-order valence-corrected chi connectivity index (χ2v) is 5.35. The number of para-hydroxylation sites is 2. The molecule has 2 aromatic heterocycles. The number of nitrogens with zero attached hydrogens (tertiary/aromatic N) is 2. The third kappa shape index (κ3) is 2.02. The highest BCUT2D eigenvalue weighted by atomic mass is 15.1. The average molecular weight is 287 g/mol. The minimum absolute atomic E-state index is 0.891. The molecule has 3 heteroatoms. The zero-order valence-electron chi connectivity index (χ0n) is 12.5. The third-order valence-electron chi connectivity index (χ3n) is 4.06. The first kappa shape index (κ1) is 12.9. The molecule has 0 amide bonds. The predicted octanol–water partition coefficient (Wildman–Crippen LogP) is 4.87. The van der Waals surface area contributed by atoms with E-state index in [1.165, 1.54) is 16.5 Å². The Labute approximate surface area is 129 Å². The Hall–Kier alpha value is -2.81. The second-order valence-electron chi connectivity index (χ2n) is 5.35. The van der Waals surface area contributed by atoms with Gasteiger partial charge in [0.1, 0.15) is 0 Å². The molecule has 4 rings (SSSR count). The highest BCUT2D eigenvalue weighted by Gasteiger charge is 2.13. The van der Waals surface area contributed by atoms with E-state index in [1.54, 1.807) is 0 Å². The Morgan fingerprint density at radius 1 is 1.05 bits per heavy atom. The summed E-state index contributed by atoms with van der Waals surface area (Å²) in [6, 6.07) is 18.8. The summed E-state index contributed by atoms with van der Waals surface area (Å²) in [5, 5.41) is 2.40. The molecule has 3 nitrogen and oxygen atoms in total. The van der Waals surface area contributed by atoms with Crippen molar-refractivity contribution in [3.63, 3.8) is 0 Å². The van der Waals surface area contributed by atoms with Gasteiger partial charge in [0, 0.05) is 29.0 Å². The van der Waals surface area contributed by atoms with Crippen LogP contribution >= 0.6 is 0 Å². The van der Waals surface area contributed by atoms with Crippen LogP contribution in [0, 0.1) is 0 Å². The zero-order chi connectivity index (χ0) is 14.9. The van der Waals surface area contributed by atoms with Crippen molar-refractivity contribution in [1.82, 2.24) is 9.97 Å². The highest BCUT2D eigenvalue weighted by Crippen LogP contribution is 2.32. The average Bonchev–Trinajstić information content (AvgIpc) is 3.00. The van der Waals surface area contributed by atoms with E-state index in [0.717, 1.165) is 23.3 Å². The molecule has 1 N–H and O–H groups in total. The lowest BCUT2D eigenvalue weighted by molar-refractivity contribution is 1.02. The summed E-state index contributed by atoms with van der Waals surface area (Å²) >= 11 is 0. The van der Waals surface area contributed by atoms with Crippen molar-refractivity contribution in [2.45, 2.75) is 6.92 Å². The Morgan fingerprint density at radius 2 is 1.86 bits per heavy atom. The maximum atomic E-state index is 4.59. The molecule has 0 aliphatic carbocycles. The zero-order valence-corrected chi connectivity index (χ0v) is 12.5. The van der Waals surface area contributed by atoms with Crippen LogP contribution in [0.4, 0.5) is 11.4 Å². The molecule has 0 atom stereocenters. The van der Waals surface area contributed by atoms with Crippen LogP contribution in [0.2, 0.25) is 0 Å². The van der Waals surface area contributed by atoms with Gasteiger partial charge in [-0.2, -0.15) is 0 Å². The maximum Gasteiger partial charge on any atom is 0.0703 e. The number of pyridine rings is 1. The van der Waals surface area contributed by atoms with Gasteiger partial charge in [0.2, 0.25) is 0 Å². The summed E-state index contributed by atoms with van der Waals surface area (Å²) in [5.74, 6) is 0. The van der Waals surface area contributed by atoms with Gasteiger partial charge in [0.05, 0.1) is 23.1 Å². The van der Waals surface area contributed by atoms with Crippen molar-refractivity contribution in [2.24, 2.45) is 0 Å². The SMILES string of the molecule is CCN(c1cnc2ccccc2c1)c1c[nH]c2ccccc12. The van der Waals surface area contributed by atoms with Gasteiger partial charge in [-0.15, -0.1) is 0 Å². The molecule has 0 aliphatic heterocycles. The molecule has 0 aliphatic rings. The van der Waals surface area contributed by atoms with E-state index >= 15 is 0 Å². The van der Waals surface area contributed by atoms with Gasteiger partial charge in [-0.1, -0.05) is 36.4 Å². The van der Waals surface area contributed by atoms with Crippen LogP contribution in [-0.4, -0.2) is 16.5 Å². The molecule has 0 saturated heterocycles. The van der Waals surface area contributed by atoms with Crippen molar-refractivity contribution in [2.75, 3.05) is 11.4 Å². The number of aromatic amines is 1. The van der Waals surface area contributed by atoms with Crippen molar-refractivity contribution in [3.05, 3.63) is 67.0 Å². The molecule has 108 valence electrons. The number of rotatable bonds is 3. The minimum atomic E-state index is 0.891. The molecule has 22 heavy (non-hydrogen) atoms. The summed E-state index contributed by atoms with van der Waals surface area (Å²) in [5.41, 5.74) is 4.49. The fourth-order valence-corrected chi connectivity index (χ4v) is 2.98. The molecule has 4 aromatic rings. The van der Waals surface area contributed by atoms with E-state index in [0.29, 0.717) is 0 Å². The first-order valence-corrected chi connectivity index (χ1v) is 7.55. The van der Waals surface area contributed by atoms with Gasteiger partial charge in [-0.25, -0.2) is 0 Å². The van der Waals surface area contributed by atoms with E-state index in [1.807, 2.05) is 18.3 Å². The molecule has 0 unspecified atom stereocenters. The molecule has 0 bridgehead atoms. The summed E-state index contributed by atoms with van der Waals surface area (Å²) in [6.45, 7) is 3.05. The number of hydrogen-bond donors (Lipinski definition) is 1. The van der Waals surface area contributed by atoms with Gasteiger partial charge in [-0.3, -0.25) is 4.98 Å². The Kier molecular flexibility index (Phi) is 3.04. The standard InChI is InChI=1S/C19H17N3/c1-2-22(19-13-21-18-10-6-4-8-16(18)19)15-11-14-7-3-5-9-17(14)20-12-15/h3-13,21H,2H2,1H3. The Bertz CT molecular complexity index is 939. The monoisotopic (exact) mass is 287 g/mol. The number of H-pyrrole nitrogens is 1. The molecule has 0 fully saturated rings. The van der Waals surface area contributed by atoms with Crippen LogP contribution in [0.25, 0.3) is 21.8 Å².